The van der Waals surface area contributed by atoms with E-state index in [0.29, 0.717) is 43.9 Å². The van der Waals surface area contributed by atoms with Crippen molar-refractivity contribution in [3.05, 3.63) is 70.5 Å². The molecule has 0 unspecified atom stereocenters. The molecule has 0 aliphatic carbocycles. The summed E-state index contributed by atoms with van der Waals surface area (Å²) >= 11 is 0. The molecule has 230 valence electrons. The SMILES string of the molecule is N=C(Cc1ccc(F)c(C(=O)N2CCN(C(=O)CN3CCN(CC4CCNCC4)CC3)CC2)c1)c1ccccc1C(N)=O. The third-order valence-electron chi connectivity index (χ3n) is 8.88. The molecule has 3 heterocycles. The monoisotopic (exact) mass is 591 g/mol. The minimum absolute atomic E-state index is 0.0596. The maximum Gasteiger partial charge on any atom is 0.256 e. The second kappa shape index (κ2) is 14.2. The smallest absolute Gasteiger partial charge is 0.256 e. The van der Waals surface area contributed by atoms with Gasteiger partial charge >= 0.3 is 0 Å². The molecule has 0 radical (unpaired) electrons. The van der Waals surface area contributed by atoms with E-state index < -0.39 is 17.6 Å². The standard InChI is InChI=1S/C32H42FN7O3/c33-28-6-5-24(20-29(34)25-3-1-2-4-26(25)31(35)42)19-27(28)32(43)40-17-15-39(16-18-40)30(41)22-38-13-11-37(12-14-38)21-23-7-9-36-10-8-23/h1-6,19,23,34,36H,7-18,20-22H2,(H2,35,42). The van der Waals surface area contributed by atoms with Crippen LogP contribution in [0.3, 0.4) is 0 Å². The Morgan fingerprint density at radius 2 is 1.47 bits per heavy atom. The van der Waals surface area contributed by atoms with Gasteiger partial charge in [0.05, 0.1) is 12.1 Å². The minimum Gasteiger partial charge on any atom is -0.366 e. The number of amides is 3. The van der Waals surface area contributed by atoms with Gasteiger partial charge in [0, 0.05) is 82.2 Å². The summed E-state index contributed by atoms with van der Waals surface area (Å²) in [6.07, 6.45) is 2.59. The first-order valence-corrected chi connectivity index (χ1v) is 15.3. The van der Waals surface area contributed by atoms with Crippen molar-refractivity contribution in [2.45, 2.75) is 19.3 Å². The number of carbonyl (C=O) groups is 3. The Balaban J connectivity index is 1.10. The summed E-state index contributed by atoms with van der Waals surface area (Å²) in [6, 6.07) is 10.9. The first kappa shape index (κ1) is 30.8. The lowest BCUT2D eigenvalue weighted by atomic mass is 9.96. The first-order chi connectivity index (χ1) is 20.8. The fourth-order valence-corrected chi connectivity index (χ4v) is 6.29. The van der Waals surface area contributed by atoms with Crippen molar-refractivity contribution in [2.24, 2.45) is 11.7 Å². The molecule has 2 aromatic rings. The molecule has 3 fully saturated rings. The van der Waals surface area contributed by atoms with Crippen LogP contribution in [-0.2, 0) is 11.2 Å². The zero-order chi connectivity index (χ0) is 30.3. The van der Waals surface area contributed by atoms with E-state index in [-0.39, 0.29) is 29.2 Å². The Morgan fingerprint density at radius 1 is 0.837 bits per heavy atom. The highest BCUT2D eigenvalue weighted by Gasteiger charge is 2.29. The van der Waals surface area contributed by atoms with Gasteiger partial charge in [0.1, 0.15) is 5.82 Å². The van der Waals surface area contributed by atoms with Crippen LogP contribution in [0.4, 0.5) is 4.39 Å². The lowest BCUT2D eigenvalue weighted by molar-refractivity contribution is -0.134. The number of piperazine rings is 2. The fraction of sp³-hybridized carbons (Fsp3) is 0.500. The third-order valence-corrected chi connectivity index (χ3v) is 8.88. The van der Waals surface area contributed by atoms with Crippen molar-refractivity contribution in [2.75, 3.05) is 78.5 Å². The largest absolute Gasteiger partial charge is 0.366 e. The minimum atomic E-state index is -0.629. The van der Waals surface area contributed by atoms with Gasteiger partial charge in [0.25, 0.3) is 5.91 Å². The molecule has 0 bridgehead atoms. The summed E-state index contributed by atoms with van der Waals surface area (Å²) in [6.45, 7) is 8.99. The number of rotatable bonds is 9. The van der Waals surface area contributed by atoms with E-state index in [1.54, 1.807) is 34.1 Å². The molecule has 4 N–H and O–H groups in total. The van der Waals surface area contributed by atoms with Crippen LogP contribution in [0, 0.1) is 17.1 Å². The number of hydrogen-bond acceptors (Lipinski definition) is 7. The van der Waals surface area contributed by atoms with E-state index >= 15 is 0 Å². The van der Waals surface area contributed by atoms with Crippen LogP contribution in [-0.4, -0.2) is 122 Å². The van der Waals surface area contributed by atoms with Crippen LogP contribution in [0.5, 0.6) is 0 Å². The second-order valence-corrected chi connectivity index (χ2v) is 11.8. The van der Waals surface area contributed by atoms with Gasteiger partial charge in [0.2, 0.25) is 11.8 Å². The van der Waals surface area contributed by atoms with Gasteiger partial charge < -0.3 is 31.2 Å². The van der Waals surface area contributed by atoms with Gasteiger partial charge in [-0.25, -0.2) is 4.39 Å². The highest BCUT2D eigenvalue weighted by molar-refractivity contribution is 6.09. The molecule has 0 atom stereocenters. The van der Waals surface area contributed by atoms with Crippen molar-refractivity contribution in [1.29, 1.82) is 5.41 Å². The van der Waals surface area contributed by atoms with Crippen molar-refractivity contribution < 1.29 is 18.8 Å². The average molecular weight is 592 g/mol. The number of halogens is 1. The Kier molecular flexibility index (Phi) is 10.2. The molecule has 3 saturated heterocycles. The van der Waals surface area contributed by atoms with Gasteiger partial charge in [-0.3, -0.25) is 19.3 Å². The fourth-order valence-electron chi connectivity index (χ4n) is 6.29. The topological polar surface area (TPSA) is 126 Å². The van der Waals surface area contributed by atoms with Crippen LogP contribution in [0.25, 0.3) is 0 Å². The molecule has 0 spiro atoms. The predicted molar refractivity (Wildman–Crippen MR) is 163 cm³/mol. The van der Waals surface area contributed by atoms with E-state index in [9.17, 15) is 18.8 Å². The van der Waals surface area contributed by atoms with Gasteiger partial charge in [0.15, 0.2) is 0 Å². The molecule has 3 amide bonds. The van der Waals surface area contributed by atoms with Crippen LogP contribution in [0.2, 0.25) is 0 Å². The first-order valence-electron chi connectivity index (χ1n) is 15.3. The zero-order valence-electron chi connectivity index (χ0n) is 24.7. The summed E-state index contributed by atoms with van der Waals surface area (Å²) in [5.74, 6) is -0.847. The average Bonchev–Trinajstić information content (AvgIpc) is 3.03. The predicted octanol–water partition coefficient (Wildman–Crippen LogP) is 1.44. The zero-order valence-corrected chi connectivity index (χ0v) is 24.7. The molecule has 10 nitrogen and oxygen atoms in total. The van der Waals surface area contributed by atoms with Gasteiger partial charge in [-0.15, -0.1) is 0 Å². The number of primary amides is 1. The van der Waals surface area contributed by atoms with Crippen LogP contribution in [0.15, 0.2) is 42.5 Å². The van der Waals surface area contributed by atoms with E-state index in [1.807, 2.05) is 0 Å². The van der Waals surface area contributed by atoms with E-state index in [4.69, 9.17) is 11.1 Å². The van der Waals surface area contributed by atoms with Gasteiger partial charge in [-0.2, -0.15) is 0 Å². The van der Waals surface area contributed by atoms with Crippen molar-refractivity contribution in [3.63, 3.8) is 0 Å². The van der Waals surface area contributed by atoms with E-state index in [1.165, 1.54) is 31.0 Å². The maximum absolute atomic E-state index is 14.8. The maximum atomic E-state index is 14.8. The van der Waals surface area contributed by atoms with E-state index in [2.05, 4.69) is 15.1 Å². The summed E-state index contributed by atoms with van der Waals surface area (Å²) in [4.78, 5) is 46.2. The Hall–Kier alpha value is -3.67. The number of nitrogens with one attached hydrogen (secondary N) is 2. The van der Waals surface area contributed by atoms with Crippen LogP contribution in [0.1, 0.15) is 44.7 Å². The highest BCUT2D eigenvalue weighted by atomic mass is 19.1. The molecule has 3 aliphatic heterocycles. The van der Waals surface area contributed by atoms with Crippen LogP contribution < -0.4 is 11.1 Å². The number of nitrogens with two attached hydrogens (primary N) is 1. The third kappa shape index (κ3) is 7.84. The number of piperidine rings is 1. The van der Waals surface area contributed by atoms with E-state index in [0.717, 1.165) is 51.7 Å². The molecule has 2 aromatic carbocycles. The lowest BCUT2D eigenvalue weighted by Gasteiger charge is -2.39. The molecular weight excluding hydrogens is 549 g/mol. The number of hydrogen-bond donors (Lipinski definition) is 3. The lowest BCUT2D eigenvalue weighted by Crippen LogP contribution is -2.55. The van der Waals surface area contributed by atoms with Crippen molar-refractivity contribution in [3.8, 4) is 0 Å². The Morgan fingerprint density at radius 3 is 2.14 bits per heavy atom. The Bertz CT molecular complexity index is 1330. The summed E-state index contributed by atoms with van der Waals surface area (Å²) in [7, 11) is 0. The number of nitrogens with zero attached hydrogens (tertiary/aromatic N) is 4. The second-order valence-electron chi connectivity index (χ2n) is 11.8. The van der Waals surface area contributed by atoms with Crippen molar-refractivity contribution in [1.82, 2.24) is 24.9 Å². The van der Waals surface area contributed by atoms with Crippen LogP contribution >= 0.6 is 0 Å². The highest BCUT2D eigenvalue weighted by Crippen LogP contribution is 2.19. The summed E-state index contributed by atoms with van der Waals surface area (Å²) < 4.78 is 14.8. The molecule has 0 aromatic heterocycles. The molecule has 43 heavy (non-hydrogen) atoms. The molecular formula is C32H42FN7O3. The quantitative estimate of drug-likeness (QED) is 0.379. The van der Waals surface area contributed by atoms with Gasteiger partial charge in [-0.05, 0) is 55.6 Å². The number of carbonyl (C=O) groups excluding carboxylic acids is 3. The van der Waals surface area contributed by atoms with Gasteiger partial charge in [-0.1, -0.05) is 24.3 Å². The molecule has 11 heteroatoms. The number of benzene rings is 2. The summed E-state index contributed by atoms with van der Waals surface area (Å²) in [5, 5.41) is 11.9. The molecule has 0 saturated carbocycles. The molecule has 3 aliphatic rings. The Labute approximate surface area is 252 Å². The normalized spacial score (nSPS) is 18.9. The van der Waals surface area contributed by atoms with Crippen molar-refractivity contribution >= 4 is 23.4 Å². The summed E-state index contributed by atoms with van der Waals surface area (Å²) in [5.41, 5.74) is 6.78. The molecule has 5 rings (SSSR count).